The van der Waals surface area contributed by atoms with Crippen molar-refractivity contribution >= 4 is 23.5 Å². The zero-order valence-corrected chi connectivity index (χ0v) is 18.9. The normalized spacial score (nSPS) is 22.7. The van der Waals surface area contributed by atoms with Gasteiger partial charge in [-0.15, -0.1) is 0 Å². The van der Waals surface area contributed by atoms with E-state index < -0.39 is 0 Å². The summed E-state index contributed by atoms with van der Waals surface area (Å²) in [5, 5.41) is 7.80. The van der Waals surface area contributed by atoms with Gasteiger partial charge in [-0.05, 0) is 61.9 Å². The smallest absolute Gasteiger partial charge is 0.324 e. The predicted octanol–water partition coefficient (Wildman–Crippen LogP) is 4.83. The van der Waals surface area contributed by atoms with Crippen LogP contribution in [0.15, 0.2) is 59.1 Å². The summed E-state index contributed by atoms with van der Waals surface area (Å²) < 4.78 is 5.54. The van der Waals surface area contributed by atoms with Gasteiger partial charge in [0, 0.05) is 29.1 Å². The average Bonchev–Trinajstić information content (AvgIpc) is 3.32. The molecule has 2 fully saturated rings. The van der Waals surface area contributed by atoms with Crippen molar-refractivity contribution < 1.29 is 14.1 Å². The van der Waals surface area contributed by atoms with Gasteiger partial charge in [-0.2, -0.15) is 4.98 Å². The zero-order chi connectivity index (χ0) is 22.8. The van der Waals surface area contributed by atoms with Gasteiger partial charge in [0.05, 0.1) is 5.92 Å². The number of benzene rings is 2. The van der Waals surface area contributed by atoms with E-state index >= 15 is 0 Å². The number of halogens is 1. The van der Waals surface area contributed by atoms with Crippen molar-refractivity contribution in [2.24, 2.45) is 5.92 Å². The lowest BCUT2D eigenvalue weighted by Crippen LogP contribution is -2.61. The third-order valence-electron chi connectivity index (χ3n) is 6.57. The van der Waals surface area contributed by atoms with Crippen molar-refractivity contribution in [3.05, 3.63) is 71.1 Å². The van der Waals surface area contributed by atoms with Gasteiger partial charge in [-0.3, -0.25) is 9.69 Å². The highest BCUT2D eigenvalue weighted by atomic mass is 35.5. The molecule has 1 saturated heterocycles. The number of amides is 3. The van der Waals surface area contributed by atoms with Crippen molar-refractivity contribution in [2.45, 2.75) is 44.1 Å². The number of aromatic nitrogens is 2. The van der Waals surface area contributed by atoms with Crippen LogP contribution in [0.1, 0.15) is 43.1 Å². The lowest BCUT2D eigenvalue weighted by atomic mass is 9.76. The Bertz CT molecular complexity index is 1130. The molecule has 33 heavy (non-hydrogen) atoms. The molecule has 5 rings (SSSR count). The number of nitrogens with zero attached hydrogens (tertiary/aromatic N) is 3. The number of imide groups is 1. The van der Waals surface area contributed by atoms with Crippen LogP contribution in [-0.4, -0.2) is 39.6 Å². The minimum absolute atomic E-state index is 0.0116. The van der Waals surface area contributed by atoms with Crippen molar-refractivity contribution in [2.75, 3.05) is 6.54 Å². The van der Waals surface area contributed by atoms with Crippen LogP contribution in [0, 0.1) is 5.92 Å². The average molecular weight is 465 g/mol. The fraction of sp³-hybridized carbons (Fsp3) is 0.360. The molecule has 1 aromatic heterocycles. The Morgan fingerprint density at radius 2 is 1.85 bits per heavy atom. The summed E-state index contributed by atoms with van der Waals surface area (Å²) in [5.74, 6) is 0.803. The second kappa shape index (κ2) is 9.35. The van der Waals surface area contributed by atoms with Crippen LogP contribution in [0.3, 0.4) is 0 Å². The molecule has 2 aromatic carbocycles. The number of aryl methyl sites for hydroxylation is 1. The maximum Gasteiger partial charge on any atom is 0.324 e. The van der Waals surface area contributed by atoms with Gasteiger partial charge < -0.3 is 9.84 Å². The van der Waals surface area contributed by atoms with Gasteiger partial charge in [-0.1, -0.05) is 47.1 Å². The van der Waals surface area contributed by atoms with E-state index in [1.54, 1.807) is 12.1 Å². The van der Waals surface area contributed by atoms with Gasteiger partial charge in [-0.25, -0.2) is 4.79 Å². The molecule has 2 aliphatic rings. The van der Waals surface area contributed by atoms with Gasteiger partial charge in [0.15, 0.2) is 0 Å². The summed E-state index contributed by atoms with van der Waals surface area (Å²) in [7, 11) is 0. The molecule has 7 nitrogen and oxygen atoms in total. The van der Waals surface area contributed by atoms with Gasteiger partial charge in [0.2, 0.25) is 17.6 Å². The van der Waals surface area contributed by atoms with Crippen LogP contribution in [0.5, 0.6) is 0 Å². The zero-order valence-electron chi connectivity index (χ0n) is 18.1. The predicted molar refractivity (Wildman–Crippen MR) is 124 cm³/mol. The number of carbonyl (C=O) groups is 2. The fourth-order valence-electron chi connectivity index (χ4n) is 4.80. The van der Waals surface area contributed by atoms with Gasteiger partial charge in [0.25, 0.3) is 0 Å². The minimum atomic E-state index is -0.303. The first-order chi connectivity index (χ1) is 16.1. The van der Waals surface area contributed by atoms with E-state index in [2.05, 4.69) is 27.6 Å². The van der Waals surface area contributed by atoms with Crippen LogP contribution < -0.4 is 5.32 Å². The molecule has 1 aliphatic heterocycles. The monoisotopic (exact) mass is 464 g/mol. The van der Waals surface area contributed by atoms with Crippen LogP contribution in [0.25, 0.3) is 11.4 Å². The van der Waals surface area contributed by atoms with Crippen LogP contribution in [0.2, 0.25) is 5.02 Å². The highest BCUT2D eigenvalue weighted by Crippen LogP contribution is 2.38. The Morgan fingerprint density at radius 3 is 2.64 bits per heavy atom. The van der Waals surface area contributed by atoms with E-state index in [1.807, 2.05) is 30.3 Å². The van der Waals surface area contributed by atoms with Gasteiger partial charge >= 0.3 is 6.03 Å². The number of fused-ring (bicyclic) bond motifs is 1. The quantitative estimate of drug-likeness (QED) is 0.564. The summed E-state index contributed by atoms with van der Waals surface area (Å²) >= 11 is 5.95. The Hall–Kier alpha value is -3.19. The summed E-state index contributed by atoms with van der Waals surface area (Å²) in [6, 6.07) is 16.9. The third kappa shape index (κ3) is 4.64. The first-order valence-corrected chi connectivity index (χ1v) is 11.7. The fourth-order valence-corrected chi connectivity index (χ4v) is 4.93. The molecule has 1 saturated carbocycles. The van der Waals surface area contributed by atoms with E-state index in [9.17, 15) is 9.59 Å². The van der Waals surface area contributed by atoms with Crippen LogP contribution in [0.4, 0.5) is 4.79 Å². The maximum absolute atomic E-state index is 13.1. The van der Waals surface area contributed by atoms with Crippen molar-refractivity contribution in [3.63, 3.8) is 0 Å². The second-order valence-corrected chi connectivity index (χ2v) is 9.15. The Kier molecular flexibility index (Phi) is 6.13. The van der Waals surface area contributed by atoms with Crippen LogP contribution >= 0.6 is 11.6 Å². The highest BCUT2D eigenvalue weighted by Gasteiger charge is 2.45. The van der Waals surface area contributed by atoms with E-state index in [-0.39, 0.29) is 29.8 Å². The molecule has 3 amide bonds. The van der Waals surface area contributed by atoms with Crippen molar-refractivity contribution in [1.29, 1.82) is 0 Å². The maximum atomic E-state index is 13.1. The molecule has 1 aliphatic carbocycles. The molecule has 0 bridgehead atoms. The number of rotatable bonds is 6. The molecule has 8 heteroatoms. The largest absolute Gasteiger partial charge is 0.339 e. The van der Waals surface area contributed by atoms with Crippen molar-refractivity contribution in [1.82, 2.24) is 20.4 Å². The Balaban J connectivity index is 1.20. The third-order valence-corrected chi connectivity index (χ3v) is 6.82. The Labute approximate surface area is 197 Å². The van der Waals surface area contributed by atoms with E-state index in [0.29, 0.717) is 36.1 Å². The number of hydrogen-bond acceptors (Lipinski definition) is 5. The molecule has 3 aromatic rings. The molecular weight excluding hydrogens is 440 g/mol. The molecule has 3 unspecified atom stereocenters. The number of hydrogen-bond donors (Lipinski definition) is 1. The number of carbonyl (C=O) groups excluding carboxylic acids is 2. The number of urea groups is 1. The summed E-state index contributed by atoms with van der Waals surface area (Å²) in [5.41, 5.74) is 2.04. The second-order valence-electron chi connectivity index (χ2n) is 8.71. The van der Waals surface area contributed by atoms with Crippen molar-refractivity contribution in [3.8, 4) is 11.4 Å². The van der Waals surface area contributed by atoms with E-state index in [0.717, 1.165) is 24.8 Å². The molecule has 0 spiro atoms. The molecule has 3 atom stereocenters. The van der Waals surface area contributed by atoms with E-state index in [1.165, 1.54) is 10.5 Å². The minimum Gasteiger partial charge on any atom is -0.339 e. The van der Waals surface area contributed by atoms with E-state index in [4.69, 9.17) is 16.1 Å². The van der Waals surface area contributed by atoms with Gasteiger partial charge in [0.1, 0.15) is 0 Å². The first kappa shape index (κ1) is 21.6. The number of nitrogens with one attached hydrogen (secondary N) is 1. The topological polar surface area (TPSA) is 88.3 Å². The molecule has 2 heterocycles. The summed E-state index contributed by atoms with van der Waals surface area (Å²) in [6.07, 6.45) is 3.65. The molecular formula is C25H25ClN4O3. The Morgan fingerprint density at radius 1 is 1.06 bits per heavy atom. The molecule has 0 radical (unpaired) electrons. The summed E-state index contributed by atoms with van der Waals surface area (Å²) in [6.45, 7) is 0.431. The lowest BCUT2D eigenvalue weighted by molar-refractivity contribution is -0.136. The molecule has 170 valence electrons. The summed E-state index contributed by atoms with van der Waals surface area (Å²) in [4.78, 5) is 31.7. The molecule has 1 N–H and O–H groups in total. The first-order valence-electron chi connectivity index (χ1n) is 11.3. The standard InChI is InChI=1S/C25H25ClN4O3/c26-19-11-8-17(9-12-19)22-28-23(33-29-22)18-10-13-20-21(15-18)27-25(32)30(24(20)31)14-4-7-16-5-2-1-3-6-16/h1-3,5-6,8-9,11-12,18,20-21H,4,7,10,13-15H2,(H,27,32). The SMILES string of the molecule is O=C1NC2CC(c3nc(-c4ccc(Cl)cc4)no3)CCC2C(=O)N1CCCc1ccccc1. The highest BCUT2D eigenvalue weighted by molar-refractivity contribution is 6.30. The van der Waals surface area contributed by atoms with Crippen LogP contribution in [-0.2, 0) is 11.2 Å². The lowest BCUT2D eigenvalue weighted by Gasteiger charge is -2.41.